The van der Waals surface area contributed by atoms with Crippen molar-refractivity contribution in [2.45, 2.75) is 25.9 Å². The molecular formula is C7H11NO3. The van der Waals surface area contributed by atoms with E-state index in [0.717, 1.165) is 0 Å². The molecule has 1 fully saturated rings. The Morgan fingerprint density at radius 2 is 2.45 bits per heavy atom. The summed E-state index contributed by atoms with van der Waals surface area (Å²) in [6.07, 6.45) is 0.980. The summed E-state index contributed by atoms with van der Waals surface area (Å²) in [7, 11) is 0. The van der Waals surface area contributed by atoms with Crippen LogP contribution in [-0.4, -0.2) is 24.5 Å². The maximum atomic E-state index is 10.6. The molecule has 62 valence electrons. The smallest absolute Gasteiger partial charge is 0.302 e. The minimum absolute atomic E-state index is 0.0356. The van der Waals surface area contributed by atoms with Gasteiger partial charge in [-0.3, -0.25) is 9.59 Å². The Kier molecular flexibility index (Phi) is 2.46. The number of nitrogens with one attached hydrogen (secondary N) is 1. The van der Waals surface area contributed by atoms with Crippen molar-refractivity contribution >= 4 is 11.9 Å². The fourth-order valence-corrected chi connectivity index (χ4v) is 1.05. The lowest BCUT2D eigenvalue weighted by atomic mass is 10.1. The average molecular weight is 157 g/mol. The summed E-state index contributed by atoms with van der Waals surface area (Å²) < 4.78 is 4.89. The largest absolute Gasteiger partial charge is 0.461 e. The Balaban J connectivity index is 2.28. The molecule has 0 aromatic heterocycles. The third-order valence-electron chi connectivity index (χ3n) is 1.55. The standard InChI is InChI=1S/C7H11NO3/c1-5(9)11-6-2-3-7(10)8-4-6/h6H,2-4H2,1H3,(H,8,10)/t6-/m0/s1. The molecule has 1 atom stereocenters. The number of carbonyl (C=O) groups excluding carboxylic acids is 2. The number of rotatable bonds is 1. The van der Waals surface area contributed by atoms with Crippen LogP contribution in [0.2, 0.25) is 0 Å². The van der Waals surface area contributed by atoms with Crippen molar-refractivity contribution in [1.29, 1.82) is 0 Å². The third kappa shape index (κ3) is 2.57. The molecule has 1 aliphatic rings. The van der Waals surface area contributed by atoms with Crippen molar-refractivity contribution in [1.82, 2.24) is 5.32 Å². The van der Waals surface area contributed by atoms with E-state index in [9.17, 15) is 9.59 Å². The predicted molar refractivity (Wildman–Crippen MR) is 37.8 cm³/mol. The Bertz CT molecular complexity index is 169. The second kappa shape index (κ2) is 3.37. The van der Waals surface area contributed by atoms with E-state index in [1.807, 2.05) is 0 Å². The first-order chi connectivity index (χ1) is 5.18. The summed E-state index contributed by atoms with van der Waals surface area (Å²) >= 11 is 0. The zero-order valence-corrected chi connectivity index (χ0v) is 6.42. The van der Waals surface area contributed by atoms with E-state index in [0.29, 0.717) is 19.4 Å². The van der Waals surface area contributed by atoms with Gasteiger partial charge in [0.2, 0.25) is 5.91 Å². The van der Waals surface area contributed by atoms with Gasteiger partial charge in [-0.2, -0.15) is 0 Å². The quantitative estimate of drug-likeness (QED) is 0.537. The molecule has 0 aliphatic carbocycles. The normalized spacial score (nSPS) is 24.1. The van der Waals surface area contributed by atoms with Gasteiger partial charge in [0.15, 0.2) is 0 Å². The summed E-state index contributed by atoms with van der Waals surface area (Å²) in [5.74, 6) is -0.250. The molecular weight excluding hydrogens is 146 g/mol. The molecule has 1 heterocycles. The molecule has 1 N–H and O–H groups in total. The van der Waals surface area contributed by atoms with Crippen LogP contribution in [0.5, 0.6) is 0 Å². The van der Waals surface area contributed by atoms with Crippen LogP contribution in [-0.2, 0) is 14.3 Å². The second-order valence-electron chi connectivity index (χ2n) is 2.57. The minimum atomic E-state index is -0.286. The topological polar surface area (TPSA) is 55.4 Å². The zero-order valence-electron chi connectivity index (χ0n) is 6.42. The first kappa shape index (κ1) is 8.04. The van der Waals surface area contributed by atoms with Gasteiger partial charge in [-0.25, -0.2) is 0 Å². The highest BCUT2D eigenvalue weighted by Crippen LogP contribution is 2.06. The lowest BCUT2D eigenvalue weighted by Gasteiger charge is -2.21. The molecule has 0 bridgehead atoms. The Morgan fingerprint density at radius 3 is 2.91 bits per heavy atom. The molecule has 11 heavy (non-hydrogen) atoms. The first-order valence-electron chi connectivity index (χ1n) is 3.62. The highest BCUT2D eigenvalue weighted by atomic mass is 16.5. The van der Waals surface area contributed by atoms with Crippen molar-refractivity contribution in [3.63, 3.8) is 0 Å². The van der Waals surface area contributed by atoms with Gasteiger partial charge in [-0.1, -0.05) is 0 Å². The number of amides is 1. The highest BCUT2D eigenvalue weighted by Gasteiger charge is 2.19. The van der Waals surface area contributed by atoms with Gasteiger partial charge < -0.3 is 10.1 Å². The number of esters is 1. The van der Waals surface area contributed by atoms with Crippen LogP contribution in [0.1, 0.15) is 19.8 Å². The second-order valence-corrected chi connectivity index (χ2v) is 2.57. The molecule has 1 saturated heterocycles. The van der Waals surface area contributed by atoms with E-state index in [2.05, 4.69) is 5.32 Å². The summed E-state index contributed by atoms with van der Waals surface area (Å²) in [4.78, 5) is 21.1. The van der Waals surface area contributed by atoms with Gasteiger partial charge >= 0.3 is 5.97 Å². The van der Waals surface area contributed by atoms with Crippen LogP contribution in [0, 0.1) is 0 Å². The number of ether oxygens (including phenoxy) is 1. The lowest BCUT2D eigenvalue weighted by molar-refractivity contribution is -0.149. The van der Waals surface area contributed by atoms with Crippen LogP contribution < -0.4 is 5.32 Å². The van der Waals surface area contributed by atoms with Gasteiger partial charge in [-0.15, -0.1) is 0 Å². The van der Waals surface area contributed by atoms with Crippen molar-refractivity contribution in [3.05, 3.63) is 0 Å². The van der Waals surface area contributed by atoms with E-state index in [1.54, 1.807) is 0 Å². The molecule has 4 heteroatoms. The Labute approximate surface area is 64.9 Å². The van der Waals surface area contributed by atoms with Gasteiger partial charge in [-0.05, 0) is 6.42 Å². The van der Waals surface area contributed by atoms with Crippen molar-refractivity contribution < 1.29 is 14.3 Å². The number of carbonyl (C=O) groups is 2. The SMILES string of the molecule is CC(=O)O[C@H]1CCC(=O)NC1. The average Bonchev–Trinajstić information content (AvgIpc) is 1.93. The van der Waals surface area contributed by atoms with Gasteiger partial charge in [0, 0.05) is 13.3 Å². The number of hydrogen-bond acceptors (Lipinski definition) is 3. The molecule has 0 aromatic rings. The van der Waals surface area contributed by atoms with Crippen LogP contribution >= 0.6 is 0 Å². The highest BCUT2D eigenvalue weighted by molar-refractivity contribution is 5.77. The monoisotopic (exact) mass is 157 g/mol. The van der Waals surface area contributed by atoms with Crippen molar-refractivity contribution in [2.24, 2.45) is 0 Å². The Hall–Kier alpha value is -1.06. The maximum Gasteiger partial charge on any atom is 0.302 e. The van der Waals surface area contributed by atoms with Crippen LogP contribution in [0.15, 0.2) is 0 Å². The van der Waals surface area contributed by atoms with Gasteiger partial charge in [0.25, 0.3) is 0 Å². The maximum absolute atomic E-state index is 10.6. The predicted octanol–water partition coefficient (Wildman–Crippen LogP) is -0.172. The molecule has 0 aromatic carbocycles. The number of hydrogen-bond donors (Lipinski definition) is 1. The summed E-state index contributed by atoms with van der Waals surface area (Å²) in [5.41, 5.74) is 0. The molecule has 0 spiro atoms. The van der Waals surface area contributed by atoms with E-state index in [4.69, 9.17) is 4.74 Å². The summed E-state index contributed by atoms with van der Waals surface area (Å²) in [5, 5.41) is 2.62. The van der Waals surface area contributed by atoms with E-state index in [-0.39, 0.29) is 18.0 Å². The van der Waals surface area contributed by atoms with Crippen molar-refractivity contribution in [2.75, 3.05) is 6.54 Å². The van der Waals surface area contributed by atoms with Crippen LogP contribution in [0.3, 0.4) is 0 Å². The van der Waals surface area contributed by atoms with E-state index < -0.39 is 0 Å². The first-order valence-corrected chi connectivity index (χ1v) is 3.62. The lowest BCUT2D eigenvalue weighted by Crippen LogP contribution is -2.39. The zero-order chi connectivity index (χ0) is 8.27. The van der Waals surface area contributed by atoms with E-state index >= 15 is 0 Å². The molecule has 0 saturated carbocycles. The molecule has 1 amide bonds. The molecule has 1 rings (SSSR count). The van der Waals surface area contributed by atoms with Crippen molar-refractivity contribution in [3.8, 4) is 0 Å². The van der Waals surface area contributed by atoms with E-state index in [1.165, 1.54) is 6.92 Å². The summed E-state index contributed by atoms with van der Waals surface area (Å²) in [6, 6.07) is 0. The third-order valence-corrected chi connectivity index (χ3v) is 1.55. The molecule has 0 unspecified atom stereocenters. The summed E-state index contributed by atoms with van der Waals surface area (Å²) in [6.45, 7) is 1.83. The Morgan fingerprint density at radius 1 is 1.73 bits per heavy atom. The van der Waals surface area contributed by atoms with Gasteiger partial charge in [0.05, 0.1) is 6.54 Å². The van der Waals surface area contributed by atoms with Gasteiger partial charge in [0.1, 0.15) is 6.10 Å². The molecule has 4 nitrogen and oxygen atoms in total. The number of piperidine rings is 1. The minimum Gasteiger partial charge on any atom is -0.461 e. The van der Waals surface area contributed by atoms with Crippen LogP contribution in [0.25, 0.3) is 0 Å². The fraction of sp³-hybridized carbons (Fsp3) is 0.714. The molecule has 1 aliphatic heterocycles. The van der Waals surface area contributed by atoms with Crippen LogP contribution in [0.4, 0.5) is 0 Å². The fourth-order valence-electron chi connectivity index (χ4n) is 1.05. The molecule has 0 radical (unpaired) electrons.